The van der Waals surface area contributed by atoms with Crippen LogP contribution >= 0.6 is 0 Å². The quantitative estimate of drug-likeness (QED) is 0.281. The summed E-state index contributed by atoms with van der Waals surface area (Å²) in [6.45, 7) is 20.6. The first-order valence-corrected chi connectivity index (χ1v) is 16.2. The molecule has 0 bridgehead atoms. The van der Waals surface area contributed by atoms with Crippen molar-refractivity contribution in [2.75, 3.05) is 0 Å². The van der Waals surface area contributed by atoms with Crippen LogP contribution in [-0.4, -0.2) is 12.1 Å². The van der Waals surface area contributed by atoms with Crippen molar-refractivity contribution in [1.29, 1.82) is 0 Å². The molecule has 4 saturated carbocycles. The lowest BCUT2D eigenvalue weighted by atomic mass is 9.33. The number of carbonyl (C=O) groups excluding carboxylic acids is 1. The van der Waals surface area contributed by atoms with E-state index >= 15 is 0 Å². The molecule has 0 radical (unpaired) electrons. The van der Waals surface area contributed by atoms with Crippen molar-refractivity contribution in [3.8, 4) is 0 Å². The standard InChI is InChI=1S/C37H54O2/c1-24-16-19-34(5)22-23-36(7)27(31(34)25(24)2)14-15-29-35(6)20-18-30(39-32(38)26-12-10-9-11-13-26)33(3,4)28(35)17-21-37(29,36)8/h9-14,24-25,28-31H,15-23H2,1-8H3/t24-,25-,28+,29-,30+,31+,34+,35+,36-,37+/m1/s1. The second kappa shape index (κ2) is 8.96. The molecule has 0 N–H and O–H groups in total. The molecule has 4 fully saturated rings. The van der Waals surface area contributed by atoms with Gasteiger partial charge in [0.15, 0.2) is 0 Å². The SMILES string of the molecule is C[C@@H]1[C@H](C)CC[C@@]2(C)CC[C@]3(C)C(=CC[C@@H]4[C@@]5(C)CC[C@H](OC(=O)c6ccccc6)C(C)(C)[C@@H]5CC[C@@]43C)[C@H]12. The third-order valence-corrected chi connectivity index (χ3v) is 14.6. The fraction of sp³-hybridized carbons (Fsp3) is 0.757. The lowest BCUT2D eigenvalue weighted by Gasteiger charge is -2.71. The minimum atomic E-state index is -0.156. The summed E-state index contributed by atoms with van der Waals surface area (Å²) in [4.78, 5) is 13.1. The summed E-state index contributed by atoms with van der Waals surface area (Å²) in [5.74, 6) is 3.49. The second-order valence-corrected chi connectivity index (χ2v) is 16.4. The van der Waals surface area contributed by atoms with Gasteiger partial charge in [-0.1, -0.05) is 85.2 Å². The maximum atomic E-state index is 13.1. The summed E-state index contributed by atoms with van der Waals surface area (Å²) in [6.07, 6.45) is 14.3. The van der Waals surface area contributed by atoms with Gasteiger partial charge >= 0.3 is 5.97 Å². The van der Waals surface area contributed by atoms with Gasteiger partial charge in [0.2, 0.25) is 0 Å². The van der Waals surface area contributed by atoms with E-state index < -0.39 is 0 Å². The number of hydrogen-bond acceptors (Lipinski definition) is 2. The summed E-state index contributed by atoms with van der Waals surface area (Å²) in [5.41, 5.74) is 3.93. The van der Waals surface area contributed by atoms with Gasteiger partial charge in [-0.25, -0.2) is 4.79 Å². The maximum absolute atomic E-state index is 13.1. The van der Waals surface area contributed by atoms with Crippen molar-refractivity contribution in [2.45, 2.75) is 119 Å². The van der Waals surface area contributed by atoms with Gasteiger partial charge in [0, 0.05) is 5.41 Å². The van der Waals surface area contributed by atoms with Crippen LogP contribution in [0, 0.1) is 56.7 Å². The molecule has 0 aromatic heterocycles. The van der Waals surface area contributed by atoms with Gasteiger partial charge in [-0.15, -0.1) is 0 Å². The van der Waals surface area contributed by atoms with Crippen LogP contribution in [0.25, 0.3) is 0 Å². The van der Waals surface area contributed by atoms with Crippen molar-refractivity contribution in [3.63, 3.8) is 0 Å². The van der Waals surface area contributed by atoms with Crippen molar-refractivity contribution in [1.82, 2.24) is 0 Å². The topological polar surface area (TPSA) is 26.3 Å². The fourth-order valence-corrected chi connectivity index (χ4v) is 11.8. The molecule has 0 saturated heterocycles. The minimum Gasteiger partial charge on any atom is -0.458 e. The highest BCUT2D eigenvalue weighted by Gasteiger charge is 2.68. The number of ether oxygens (including phenoxy) is 1. The third-order valence-electron chi connectivity index (χ3n) is 14.6. The maximum Gasteiger partial charge on any atom is 0.338 e. The van der Waals surface area contributed by atoms with Crippen molar-refractivity contribution in [2.24, 2.45) is 56.7 Å². The van der Waals surface area contributed by atoms with E-state index in [1.807, 2.05) is 35.9 Å². The lowest BCUT2D eigenvalue weighted by molar-refractivity contribution is -0.204. The summed E-state index contributed by atoms with van der Waals surface area (Å²) >= 11 is 0. The van der Waals surface area contributed by atoms with E-state index in [0.717, 1.165) is 24.2 Å². The van der Waals surface area contributed by atoms with Gasteiger partial charge in [-0.3, -0.25) is 0 Å². The molecule has 1 aromatic carbocycles. The average molecular weight is 531 g/mol. The van der Waals surface area contributed by atoms with E-state index in [0.29, 0.717) is 33.6 Å². The third kappa shape index (κ3) is 3.74. The number of hydrogen-bond donors (Lipinski definition) is 0. The minimum absolute atomic E-state index is 0.0159. The highest BCUT2D eigenvalue weighted by Crippen LogP contribution is 2.75. The molecular weight excluding hydrogens is 476 g/mol. The monoisotopic (exact) mass is 530 g/mol. The molecule has 2 nitrogen and oxygen atoms in total. The van der Waals surface area contributed by atoms with Crippen LogP contribution in [0.2, 0.25) is 0 Å². The zero-order valence-corrected chi connectivity index (χ0v) is 26.1. The predicted molar refractivity (Wildman–Crippen MR) is 160 cm³/mol. The Balaban J connectivity index is 1.31. The van der Waals surface area contributed by atoms with Gasteiger partial charge in [-0.2, -0.15) is 0 Å². The van der Waals surface area contributed by atoms with E-state index in [1.54, 1.807) is 0 Å². The Morgan fingerprint density at radius 1 is 0.821 bits per heavy atom. The molecule has 5 aliphatic carbocycles. The van der Waals surface area contributed by atoms with Gasteiger partial charge < -0.3 is 4.74 Å². The van der Waals surface area contributed by atoms with E-state index in [1.165, 1.54) is 51.4 Å². The molecule has 0 unspecified atom stereocenters. The first kappa shape index (κ1) is 27.6. The number of fused-ring (bicyclic) bond motifs is 7. The number of esters is 1. The van der Waals surface area contributed by atoms with E-state index in [9.17, 15) is 4.79 Å². The highest BCUT2D eigenvalue weighted by atomic mass is 16.5. The summed E-state index contributed by atoms with van der Waals surface area (Å²) in [7, 11) is 0. The molecule has 0 aliphatic heterocycles. The normalized spacial score (nSPS) is 48.5. The van der Waals surface area contributed by atoms with Crippen molar-refractivity contribution < 1.29 is 9.53 Å². The van der Waals surface area contributed by atoms with Crippen LogP contribution in [-0.2, 0) is 4.74 Å². The summed E-state index contributed by atoms with van der Waals surface area (Å²) in [5, 5.41) is 0. The molecule has 6 rings (SSSR count). The van der Waals surface area contributed by atoms with E-state index in [2.05, 4.69) is 61.5 Å². The number of allylic oxidation sites excluding steroid dienone is 2. The van der Waals surface area contributed by atoms with E-state index in [4.69, 9.17) is 4.74 Å². The molecule has 10 atom stereocenters. The largest absolute Gasteiger partial charge is 0.458 e. The van der Waals surface area contributed by atoms with Crippen molar-refractivity contribution in [3.05, 3.63) is 47.5 Å². The van der Waals surface area contributed by atoms with Crippen LogP contribution in [0.15, 0.2) is 42.0 Å². The Bertz CT molecular complexity index is 1150. The fourth-order valence-electron chi connectivity index (χ4n) is 11.8. The Morgan fingerprint density at radius 3 is 2.26 bits per heavy atom. The molecule has 0 amide bonds. The lowest BCUT2D eigenvalue weighted by Crippen LogP contribution is -2.65. The first-order valence-electron chi connectivity index (χ1n) is 16.2. The summed E-state index contributed by atoms with van der Waals surface area (Å²) < 4.78 is 6.29. The Kier molecular flexibility index (Phi) is 6.34. The summed E-state index contributed by atoms with van der Waals surface area (Å²) in [6, 6.07) is 9.57. The molecule has 2 heteroatoms. The first-order chi connectivity index (χ1) is 18.3. The zero-order valence-electron chi connectivity index (χ0n) is 26.1. The Hall–Kier alpha value is -1.57. The van der Waals surface area contributed by atoms with Crippen LogP contribution < -0.4 is 0 Å². The van der Waals surface area contributed by atoms with E-state index in [-0.39, 0.29) is 22.9 Å². The molecular formula is C37H54O2. The molecule has 214 valence electrons. The number of benzene rings is 1. The zero-order chi connectivity index (χ0) is 28.0. The Labute approximate surface area is 238 Å². The Morgan fingerprint density at radius 2 is 1.54 bits per heavy atom. The number of rotatable bonds is 2. The van der Waals surface area contributed by atoms with Crippen molar-refractivity contribution >= 4 is 5.97 Å². The van der Waals surface area contributed by atoms with Crippen LogP contribution in [0.3, 0.4) is 0 Å². The molecule has 0 spiro atoms. The molecule has 39 heavy (non-hydrogen) atoms. The van der Waals surface area contributed by atoms with Crippen LogP contribution in [0.1, 0.15) is 124 Å². The van der Waals surface area contributed by atoms with Crippen LogP contribution in [0.4, 0.5) is 0 Å². The van der Waals surface area contributed by atoms with Gasteiger partial charge in [0.25, 0.3) is 0 Å². The van der Waals surface area contributed by atoms with Gasteiger partial charge in [-0.05, 0) is 121 Å². The second-order valence-electron chi connectivity index (χ2n) is 16.4. The van der Waals surface area contributed by atoms with Gasteiger partial charge in [0.1, 0.15) is 6.10 Å². The number of carbonyl (C=O) groups is 1. The van der Waals surface area contributed by atoms with Gasteiger partial charge in [0.05, 0.1) is 5.56 Å². The average Bonchev–Trinajstić information content (AvgIpc) is 2.89. The highest BCUT2D eigenvalue weighted by molar-refractivity contribution is 5.89. The molecule has 5 aliphatic rings. The molecule has 1 aromatic rings. The molecule has 0 heterocycles. The predicted octanol–water partition coefficient (Wildman–Crippen LogP) is 9.89. The van der Waals surface area contributed by atoms with Crippen LogP contribution in [0.5, 0.6) is 0 Å². The smallest absolute Gasteiger partial charge is 0.338 e.